The Labute approximate surface area is 160 Å². The van der Waals surface area contributed by atoms with Crippen molar-refractivity contribution in [1.29, 1.82) is 0 Å². The van der Waals surface area contributed by atoms with E-state index in [0.717, 1.165) is 6.42 Å². The van der Waals surface area contributed by atoms with Crippen LogP contribution in [0.3, 0.4) is 0 Å². The minimum atomic E-state index is -0.177. The van der Waals surface area contributed by atoms with Gasteiger partial charge in [0, 0.05) is 31.3 Å². The fourth-order valence-corrected chi connectivity index (χ4v) is 3.21. The van der Waals surface area contributed by atoms with Crippen molar-refractivity contribution in [1.82, 2.24) is 30.0 Å². The third kappa shape index (κ3) is 3.61. The van der Waals surface area contributed by atoms with Gasteiger partial charge in [0.05, 0.1) is 12.2 Å². The third-order valence-electron chi connectivity index (χ3n) is 4.51. The summed E-state index contributed by atoms with van der Waals surface area (Å²) in [5.74, 6) is 0.597. The molecule has 0 unspecified atom stereocenters. The molecule has 1 atom stereocenters. The van der Waals surface area contributed by atoms with Crippen LogP contribution in [0.15, 0.2) is 35.0 Å². The molecule has 4 rings (SSSR count). The molecule has 0 radical (unpaired) electrons. The number of hydrogen-bond acceptors (Lipinski definition) is 7. The molecule has 0 bridgehead atoms. The van der Waals surface area contributed by atoms with Crippen molar-refractivity contribution in [2.24, 2.45) is 0 Å². The lowest BCUT2D eigenvalue weighted by Crippen LogP contribution is -2.29. The second kappa shape index (κ2) is 7.22. The van der Waals surface area contributed by atoms with Crippen LogP contribution >= 0.6 is 0 Å². The van der Waals surface area contributed by atoms with Crippen LogP contribution in [0.25, 0.3) is 11.6 Å². The highest BCUT2D eigenvalue weighted by Gasteiger charge is 2.29. The Morgan fingerprint density at radius 2 is 2.18 bits per heavy atom. The molecule has 3 heterocycles. The molecule has 28 heavy (non-hydrogen) atoms. The van der Waals surface area contributed by atoms with Gasteiger partial charge in [0.1, 0.15) is 0 Å². The predicted molar refractivity (Wildman–Crippen MR) is 98.4 cm³/mol. The van der Waals surface area contributed by atoms with Gasteiger partial charge in [-0.05, 0) is 31.5 Å². The maximum Gasteiger partial charge on any atom is 0.280 e. The first-order chi connectivity index (χ1) is 13.5. The zero-order chi connectivity index (χ0) is 19.7. The van der Waals surface area contributed by atoms with E-state index in [4.69, 9.17) is 4.52 Å². The van der Waals surface area contributed by atoms with Gasteiger partial charge < -0.3 is 14.7 Å². The average molecular weight is 381 g/mol. The van der Waals surface area contributed by atoms with Crippen molar-refractivity contribution in [3.05, 3.63) is 41.9 Å². The normalized spacial score (nSPS) is 16.4. The number of benzene rings is 1. The van der Waals surface area contributed by atoms with Gasteiger partial charge in [-0.1, -0.05) is 16.4 Å². The second-order valence-electron chi connectivity index (χ2n) is 6.69. The largest absolute Gasteiger partial charge is 0.336 e. The van der Waals surface area contributed by atoms with E-state index in [1.54, 1.807) is 47.0 Å². The molecule has 1 saturated heterocycles. The number of aryl methyl sites for hydroxylation is 1. The van der Waals surface area contributed by atoms with Crippen LogP contribution in [0.1, 0.15) is 35.6 Å². The van der Waals surface area contributed by atoms with E-state index < -0.39 is 0 Å². The topological polar surface area (TPSA) is 119 Å². The molecule has 0 spiro atoms. The molecule has 1 N–H and O–H groups in total. The molecule has 2 aromatic heterocycles. The average Bonchev–Trinajstić information content (AvgIpc) is 3.40. The maximum absolute atomic E-state index is 12.8. The van der Waals surface area contributed by atoms with E-state index in [9.17, 15) is 9.59 Å². The van der Waals surface area contributed by atoms with Gasteiger partial charge in [-0.3, -0.25) is 9.59 Å². The van der Waals surface area contributed by atoms with E-state index in [0.29, 0.717) is 41.7 Å². The van der Waals surface area contributed by atoms with Gasteiger partial charge in [0.15, 0.2) is 11.5 Å². The minimum Gasteiger partial charge on any atom is -0.336 e. The highest BCUT2D eigenvalue weighted by Crippen LogP contribution is 2.25. The molecule has 1 aliphatic heterocycles. The summed E-state index contributed by atoms with van der Waals surface area (Å²) in [7, 11) is 0. The number of rotatable bonds is 4. The summed E-state index contributed by atoms with van der Waals surface area (Å²) in [5.41, 5.74) is 1.64. The molecule has 144 valence electrons. The Morgan fingerprint density at radius 1 is 1.32 bits per heavy atom. The number of carbonyl (C=O) groups excluding carboxylic acids is 2. The van der Waals surface area contributed by atoms with Crippen molar-refractivity contribution >= 4 is 17.5 Å². The minimum absolute atomic E-state index is 0.0211. The number of aromatic nitrogens is 5. The molecule has 1 fully saturated rings. The highest BCUT2D eigenvalue weighted by molar-refractivity contribution is 5.97. The lowest BCUT2D eigenvalue weighted by atomic mass is 10.1. The summed E-state index contributed by atoms with van der Waals surface area (Å²) in [6.45, 7) is 4.30. The molecular weight excluding hydrogens is 362 g/mol. The van der Waals surface area contributed by atoms with Gasteiger partial charge in [0.25, 0.3) is 11.8 Å². The molecule has 2 amide bonds. The van der Waals surface area contributed by atoms with Crippen LogP contribution in [0.4, 0.5) is 5.69 Å². The molecule has 0 aliphatic carbocycles. The van der Waals surface area contributed by atoms with E-state index in [-0.39, 0.29) is 17.9 Å². The molecule has 10 heteroatoms. The third-order valence-corrected chi connectivity index (χ3v) is 4.51. The van der Waals surface area contributed by atoms with Gasteiger partial charge in [-0.2, -0.15) is 4.98 Å². The number of anilines is 1. The van der Waals surface area contributed by atoms with Crippen molar-refractivity contribution in [2.45, 2.75) is 26.3 Å². The van der Waals surface area contributed by atoms with Crippen molar-refractivity contribution < 1.29 is 14.1 Å². The molecule has 1 aromatic carbocycles. The summed E-state index contributed by atoms with van der Waals surface area (Å²) in [5, 5.41) is 14.7. The van der Waals surface area contributed by atoms with Crippen molar-refractivity contribution in [3.63, 3.8) is 0 Å². The Morgan fingerprint density at radius 3 is 2.93 bits per heavy atom. The van der Waals surface area contributed by atoms with Crippen LogP contribution in [0, 0.1) is 6.92 Å². The molecular formula is C18H19N7O3. The van der Waals surface area contributed by atoms with Crippen LogP contribution in [0.5, 0.6) is 0 Å². The number of hydrogen-bond donors (Lipinski definition) is 1. The number of amides is 2. The monoisotopic (exact) mass is 381 g/mol. The van der Waals surface area contributed by atoms with Crippen LogP contribution in [-0.2, 0) is 4.79 Å². The highest BCUT2D eigenvalue weighted by atomic mass is 16.5. The van der Waals surface area contributed by atoms with Crippen LogP contribution < -0.4 is 5.32 Å². The summed E-state index contributed by atoms with van der Waals surface area (Å²) in [4.78, 5) is 30.0. The molecule has 1 aliphatic rings. The summed E-state index contributed by atoms with van der Waals surface area (Å²) in [6, 6.07) is 6.95. The van der Waals surface area contributed by atoms with E-state index in [2.05, 4.69) is 25.8 Å². The SMILES string of the molecule is CC(=O)Nc1cccc(C(=O)N2CC[C@H](n3cc(-c4nc(C)no4)nn3)C2)c1. The lowest BCUT2D eigenvalue weighted by Gasteiger charge is -2.17. The predicted octanol–water partition coefficient (Wildman–Crippen LogP) is 1.68. The van der Waals surface area contributed by atoms with E-state index in [1.807, 2.05) is 0 Å². The summed E-state index contributed by atoms with van der Waals surface area (Å²) >= 11 is 0. The quantitative estimate of drug-likeness (QED) is 0.730. The number of carbonyl (C=O) groups is 2. The lowest BCUT2D eigenvalue weighted by molar-refractivity contribution is -0.114. The Bertz CT molecular complexity index is 1030. The summed E-state index contributed by atoms with van der Waals surface area (Å²) < 4.78 is 6.84. The van der Waals surface area contributed by atoms with Crippen molar-refractivity contribution in [2.75, 3.05) is 18.4 Å². The summed E-state index contributed by atoms with van der Waals surface area (Å²) in [6.07, 6.45) is 2.52. The Kier molecular flexibility index (Phi) is 4.60. The van der Waals surface area contributed by atoms with E-state index >= 15 is 0 Å². The first-order valence-corrected chi connectivity index (χ1v) is 8.89. The maximum atomic E-state index is 12.8. The van der Waals surface area contributed by atoms with Crippen LogP contribution in [0.2, 0.25) is 0 Å². The molecule has 0 saturated carbocycles. The van der Waals surface area contributed by atoms with Gasteiger partial charge in [0.2, 0.25) is 5.91 Å². The zero-order valence-electron chi connectivity index (χ0n) is 15.5. The fraction of sp³-hybridized carbons (Fsp3) is 0.333. The van der Waals surface area contributed by atoms with Crippen molar-refractivity contribution in [3.8, 4) is 11.6 Å². The molecule has 3 aromatic rings. The molecule has 10 nitrogen and oxygen atoms in total. The van der Waals surface area contributed by atoms with Gasteiger partial charge in [-0.15, -0.1) is 5.10 Å². The van der Waals surface area contributed by atoms with Crippen LogP contribution in [-0.4, -0.2) is 54.9 Å². The number of nitrogens with one attached hydrogen (secondary N) is 1. The smallest absolute Gasteiger partial charge is 0.280 e. The number of nitrogens with zero attached hydrogens (tertiary/aromatic N) is 6. The first-order valence-electron chi connectivity index (χ1n) is 8.89. The Hall–Kier alpha value is -3.56. The number of likely N-dealkylation sites (tertiary alicyclic amines) is 1. The second-order valence-corrected chi connectivity index (χ2v) is 6.69. The zero-order valence-corrected chi connectivity index (χ0v) is 15.5. The van der Waals surface area contributed by atoms with Gasteiger partial charge in [-0.25, -0.2) is 4.68 Å². The van der Waals surface area contributed by atoms with E-state index in [1.165, 1.54) is 6.92 Å². The fourth-order valence-electron chi connectivity index (χ4n) is 3.21. The first kappa shape index (κ1) is 17.8. The standard InChI is InChI=1S/C18H19N7O3/c1-11-19-17(28-22-11)16-10-25(23-21-16)15-6-7-24(9-15)18(27)13-4-3-5-14(8-13)20-12(2)26/h3-5,8,10,15H,6-7,9H2,1-2H3,(H,20,26)/t15-/m0/s1. The van der Waals surface area contributed by atoms with Gasteiger partial charge >= 0.3 is 0 Å². The Balaban J connectivity index is 1.45.